The number of hydrogen-bond acceptors (Lipinski definition) is 1. The van der Waals surface area contributed by atoms with Gasteiger partial charge in [-0.05, 0) is 88.6 Å². The first kappa shape index (κ1) is 34.6. The number of rotatable bonds is 4. The van der Waals surface area contributed by atoms with Gasteiger partial charge in [-0.2, -0.15) is 0 Å². The van der Waals surface area contributed by atoms with Gasteiger partial charge in [0.1, 0.15) is 50.4 Å². The number of furan rings is 1. The number of para-hydroxylation sites is 1. The van der Waals surface area contributed by atoms with Gasteiger partial charge in [-0.15, -0.1) is 16.4 Å². The van der Waals surface area contributed by atoms with Gasteiger partial charge in [0.05, 0.1) is 0 Å². The first-order valence-corrected chi connectivity index (χ1v) is 20.4. The van der Waals surface area contributed by atoms with Crippen molar-refractivity contribution in [2.75, 3.05) is 0 Å². The zero-order chi connectivity index (χ0) is 39.2. The molecule has 0 saturated carbocycles. The summed E-state index contributed by atoms with van der Waals surface area (Å²) in [6, 6.07) is 59.9. The second kappa shape index (κ2) is 13.2. The quantitative estimate of drug-likeness (QED) is 0.156. The summed E-state index contributed by atoms with van der Waals surface area (Å²) in [7, 11) is 11.4. The summed E-state index contributed by atoms with van der Waals surface area (Å²) in [4.78, 5) is 0. The Labute approximate surface area is 342 Å². The Hall–Kier alpha value is -6.64. The highest BCUT2D eigenvalue weighted by atomic mass is 16.3. The van der Waals surface area contributed by atoms with Crippen LogP contribution in [0.1, 0.15) is 0 Å². The highest BCUT2D eigenvalue weighted by Crippen LogP contribution is 2.48. The van der Waals surface area contributed by atoms with Crippen LogP contribution in [0.4, 0.5) is 0 Å². The van der Waals surface area contributed by atoms with Gasteiger partial charge in [-0.1, -0.05) is 163 Å². The van der Waals surface area contributed by atoms with Crippen molar-refractivity contribution in [3.8, 4) is 44.5 Å². The number of fused-ring (bicyclic) bond motifs is 7. The zero-order valence-corrected chi connectivity index (χ0v) is 33.5. The first-order valence-electron chi connectivity index (χ1n) is 20.4. The maximum Gasteiger partial charge on any atom is 0.143 e. The van der Waals surface area contributed by atoms with E-state index < -0.39 is 0 Å². The van der Waals surface area contributed by atoms with Crippen molar-refractivity contribution >= 4 is 132 Å². The Morgan fingerprint density at radius 3 is 1.21 bits per heavy atom. The number of hydrogen-bond donors (Lipinski definition) is 0. The van der Waals surface area contributed by atoms with E-state index in [1.807, 2.05) is 0 Å². The molecule has 0 saturated heterocycles. The first-order chi connectivity index (χ1) is 28.4. The molecule has 0 spiro atoms. The molecule has 0 amide bonds. The smallest absolute Gasteiger partial charge is 0.143 e. The molecular formula is C52H37B5O. The predicted octanol–water partition coefficient (Wildman–Crippen LogP) is 6.16. The summed E-state index contributed by atoms with van der Waals surface area (Å²) in [5.74, 6) is 0. The Morgan fingerprint density at radius 1 is 0.276 bits per heavy atom. The van der Waals surface area contributed by atoms with Crippen LogP contribution in [0.5, 0.6) is 0 Å². The molecule has 0 aliphatic heterocycles. The second-order valence-electron chi connectivity index (χ2n) is 16.0. The third kappa shape index (κ3) is 4.97. The molecule has 1 heterocycles. The third-order valence-corrected chi connectivity index (χ3v) is 13.2. The van der Waals surface area contributed by atoms with Crippen LogP contribution in [0.15, 0.2) is 168 Å². The normalized spacial score (nSPS) is 11.8. The minimum atomic E-state index is 0.891. The molecule has 11 aromatic rings. The second-order valence-corrected chi connectivity index (χ2v) is 16.0. The van der Waals surface area contributed by atoms with Crippen molar-refractivity contribution in [3.63, 3.8) is 0 Å². The van der Waals surface area contributed by atoms with Crippen LogP contribution < -0.4 is 27.3 Å². The van der Waals surface area contributed by atoms with E-state index in [9.17, 15) is 0 Å². The predicted molar refractivity (Wildman–Crippen MR) is 266 cm³/mol. The fourth-order valence-corrected chi connectivity index (χ4v) is 10.1. The minimum Gasteiger partial charge on any atom is -0.455 e. The lowest BCUT2D eigenvalue weighted by Crippen LogP contribution is -2.55. The van der Waals surface area contributed by atoms with Gasteiger partial charge >= 0.3 is 0 Å². The van der Waals surface area contributed by atoms with Crippen molar-refractivity contribution in [2.24, 2.45) is 0 Å². The molecule has 1 aromatic heterocycles. The lowest BCUT2D eigenvalue weighted by Gasteiger charge is -2.24. The summed E-state index contributed by atoms with van der Waals surface area (Å²) < 4.78 is 7.11. The van der Waals surface area contributed by atoms with Gasteiger partial charge < -0.3 is 4.42 Å². The summed E-state index contributed by atoms with van der Waals surface area (Å²) in [6.07, 6.45) is 0. The van der Waals surface area contributed by atoms with Crippen LogP contribution in [-0.2, 0) is 0 Å². The van der Waals surface area contributed by atoms with Crippen LogP contribution in [0.25, 0.3) is 110 Å². The van der Waals surface area contributed by atoms with E-state index in [0.29, 0.717) is 0 Å². The summed E-state index contributed by atoms with van der Waals surface area (Å²) >= 11 is 0. The molecular weight excluding hydrogens is 695 g/mol. The van der Waals surface area contributed by atoms with Crippen LogP contribution in [0.2, 0.25) is 0 Å². The summed E-state index contributed by atoms with van der Waals surface area (Å²) in [6.45, 7) is 0. The topological polar surface area (TPSA) is 13.1 Å². The molecule has 0 unspecified atom stereocenters. The molecule has 1 nitrogen and oxygen atoms in total. The van der Waals surface area contributed by atoms with E-state index in [-0.39, 0.29) is 0 Å². The van der Waals surface area contributed by atoms with E-state index >= 15 is 0 Å². The van der Waals surface area contributed by atoms with E-state index in [1.165, 1.54) is 104 Å². The SMILES string of the molecule is Bc1c(B)c(B)c(-c2c3ccccc3c(-c3cccc4c3oc3cc(-c5c6ccccc6c(-c6ccccc6)c6ccccc56)ccc34)c3ccccc23)c(B)c1B. The van der Waals surface area contributed by atoms with E-state index in [0.717, 1.165) is 33.1 Å². The van der Waals surface area contributed by atoms with Crippen molar-refractivity contribution in [2.45, 2.75) is 0 Å². The van der Waals surface area contributed by atoms with Crippen molar-refractivity contribution in [1.82, 2.24) is 0 Å². The number of benzene rings is 10. The van der Waals surface area contributed by atoms with Crippen molar-refractivity contribution in [1.29, 1.82) is 0 Å². The van der Waals surface area contributed by atoms with Crippen LogP contribution >= 0.6 is 0 Å². The summed E-state index contributed by atoms with van der Waals surface area (Å²) in [5.41, 5.74) is 18.5. The maximum atomic E-state index is 7.11. The molecule has 0 fully saturated rings. The van der Waals surface area contributed by atoms with Crippen molar-refractivity contribution < 1.29 is 4.42 Å². The third-order valence-electron chi connectivity index (χ3n) is 13.2. The Kier molecular flexibility index (Phi) is 7.88. The average Bonchev–Trinajstić information content (AvgIpc) is 3.65. The Bertz CT molecular complexity index is 3370. The largest absolute Gasteiger partial charge is 0.455 e. The average molecular weight is 732 g/mol. The molecule has 0 atom stereocenters. The Balaban J connectivity index is 1.18. The standard InChI is InChI=1S/C52H37B5O/c53-47-46(48(54)50(56)51(57)49(47)55)45-37-21-10-8-19-35(37)44(36-20-9-11-22-38(36)45)40-24-12-23-39-30-26-25-29(27-41(30)58-52(39)40)43-33-17-6-4-15-31(33)42(28-13-2-1-3-14-28)32-16-5-7-18-34(32)43/h1-27H,53-57H2. The van der Waals surface area contributed by atoms with Gasteiger partial charge in [-0.3, -0.25) is 0 Å². The van der Waals surface area contributed by atoms with Crippen LogP contribution in [-0.4, -0.2) is 39.2 Å². The molecule has 0 aliphatic rings. The lowest BCUT2D eigenvalue weighted by atomic mass is 9.59. The molecule has 6 heteroatoms. The molecule has 0 N–H and O–H groups in total. The fraction of sp³-hybridized carbons (Fsp3) is 0. The maximum absolute atomic E-state index is 7.11. The summed E-state index contributed by atoms with van der Waals surface area (Å²) in [5, 5.41) is 12.2. The lowest BCUT2D eigenvalue weighted by molar-refractivity contribution is 0.670. The molecule has 11 rings (SSSR count). The van der Waals surface area contributed by atoms with Crippen molar-refractivity contribution in [3.05, 3.63) is 164 Å². The monoisotopic (exact) mass is 732 g/mol. The molecule has 0 aliphatic carbocycles. The van der Waals surface area contributed by atoms with E-state index in [4.69, 9.17) is 4.42 Å². The van der Waals surface area contributed by atoms with Crippen LogP contribution in [0, 0.1) is 0 Å². The molecule has 10 aromatic carbocycles. The fourth-order valence-electron chi connectivity index (χ4n) is 10.1. The highest BCUT2D eigenvalue weighted by molar-refractivity contribution is 6.69. The molecule has 58 heavy (non-hydrogen) atoms. The Morgan fingerprint density at radius 2 is 0.690 bits per heavy atom. The highest BCUT2D eigenvalue weighted by Gasteiger charge is 2.24. The minimum absolute atomic E-state index is 0.891. The molecule has 266 valence electrons. The molecule has 0 radical (unpaired) electrons. The van der Waals surface area contributed by atoms with Crippen LogP contribution in [0.3, 0.4) is 0 Å². The van der Waals surface area contributed by atoms with Gasteiger partial charge in [0, 0.05) is 21.9 Å². The van der Waals surface area contributed by atoms with Gasteiger partial charge in [0.15, 0.2) is 0 Å². The van der Waals surface area contributed by atoms with E-state index in [1.54, 1.807) is 0 Å². The van der Waals surface area contributed by atoms with Gasteiger partial charge in [-0.25, -0.2) is 0 Å². The van der Waals surface area contributed by atoms with E-state index in [2.05, 4.69) is 203 Å². The van der Waals surface area contributed by atoms with Gasteiger partial charge in [0.25, 0.3) is 0 Å². The zero-order valence-electron chi connectivity index (χ0n) is 33.5. The van der Waals surface area contributed by atoms with Gasteiger partial charge in [0.2, 0.25) is 0 Å². The molecule has 0 bridgehead atoms.